The Labute approximate surface area is 165 Å². The minimum absolute atomic E-state index is 0.0492. The maximum atomic E-state index is 13.2. The van der Waals surface area contributed by atoms with E-state index in [-0.39, 0.29) is 23.8 Å². The molecule has 0 aromatic carbocycles. The van der Waals surface area contributed by atoms with Gasteiger partial charge in [-0.2, -0.15) is 0 Å². The number of nitrogens with zero attached hydrogens (tertiary/aromatic N) is 1. The SMILES string of the molecule is CC1CCC(C(=O)N2CC[C@H]3OCC[C@@]3(C(=O)NCc3cccs3)C2)CC1. The molecule has 1 aromatic heterocycles. The van der Waals surface area contributed by atoms with Crippen LogP contribution in [0.2, 0.25) is 0 Å². The number of ether oxygens (including phenoxy) is 1. The number of amides is 2. The van der Waals surface area contributed by atoms with Crippen LogP contribution in [0, 0.1) is 17.3 Å². The van der Waals surface area contributed by atoms with Gasteiger partial charge in [0.2, 0.25) is 11.8 Å². The molecule has 5 nitrogen and oxygen atoms in total. The quantitative estimate of drug-likeness (QED) is 0.859. The summed E-state index contributed by atoms with van der Waals surface area (Å²) in [6.45, 7) is 4.67. The van der Waals surface area contributed by atoms with Crippen LogP contribution < -0.4 is 5.32 Å². The largest absolute Gasteiger partial charge is 0.377 e. The van der Waals surface area contributed by atoms with Crippen LogP contribution in [0.4, 0.5) is 0 Å². The molecule has 0 radical (unpaired) electrons. The number of hydrogen-bond acceptors (Lipinski definition) is 4. The molecule has 1 N–H and O–H groups in total. The maximum Gasteiger partial charge on any atom is 0.231 e. The predicted molar refractivity (Wildman–Crippen MR) is 105 cm³/mol. The third kappa shape index (κ3) is 3.79. The molecule has 148 valence electrons. The Morgan fingerprint density at radius 3 is 2.85 bits per heavy atom. The van der Waals surface area contributed by atoms with Crippen molar-refractivity contribution in [1.82, 2.24) is 10.2 Å². The first kappa shape index (κ1) is 18.9. The lowest BCUT2D eigenvalue weighted by Crippen LogP contribution is -2.59. The van der Waals surface area contributed by atoms with Gasteiger partial charge in [0, 0.05) is 30.5 Å². The minimum Gasteiger partial charge on any atom is -0.377 e. The van der Waals surface area contributed by atoms with Gasteiger partial charge in [0.05, 0.1) is 18.1 Å². The van der Waals surface area contributed by atoms with Crippen LogP contribution in [0.15, 0.2) is 17.5 Å². The average Bonchev–Trinajstić information content (AvgIpc) is 3.35. The molecule has 2 saturated heterocycles. The molecule has 1 saturated carbocycles. The number of fused-ring (bicyclic) bond motifs is 1. The number of hydrogen-bond donors (Lipinski definition) is 1. The zero-order valence-corrected chi connectivity index (χ0v) is 16.9. The Hall–Kier alpha value is -1.40. The van der Waals surface area contributed by atoms with Crippen LogP contribution in [0.3, 0.4) is 0 Å². The first-order chi connectivity index (χ1) is 13.1. The molecule has 3 heterocycles. The van der Waals surface area contributed by atoms with Crippen molar-refractivity contribution >= 4 is 23.2 Å². The van der Waals surface area contributed by atoms with E-state index in [1.165, 1.54) is 0 Å². The summed E-state index contributed by atoms with van der Waals surface area (Å²) in [6.07, 6.45) is 5.68. The first-order valence-electron chi connectivity index (χ1n) is 10.3. The molecule has 0 bridgehead atoms. The van der Waals surface area contributed by atoms with Crippen molar-refractivity contribution in [3.05, 3.63) is 22.4 Å². The molecule has 2 amide bonds. The van der Waals surface area contributed by atoms with Gasteiger partial charge in [-0.15, -0.1) is 11.3 Å². The van der Waals surface area contributed by atoms with E-state index in [4.69, 9.17) is 4.74 Å². The summed E-state index contributed by atoms with van der Waals surface area (Å²) >= 11 is 1.65. The number of thiophene rings is 1. The van der Waals surface area contributed by atoms with Gasteiger partial charge < -0.3 is 15.0 Å². The molecule has 2 aliphatic heterocycles. The van der Waals surface area contributed by atoms with Crippen molar-refractivity contribution in [2.45, 2.75) is 58.1 Å². The number of carbonyl (C=O) groups excluding carboxylic acids is 2. The van der Waals surface area contributed by atoms with Crippen molar-refractivity contribution in [2.75, 3.05) is 19.7 Å². The molecule has 3 fully saturated rings. The summed E-state index contributed by atoms with van der Waals surface area (Å²) < 4.78 is 5.91. The first-order valence-corrected chi connectivity index (χ1v) is 11.2. The fourth-order valence-electron chi connectivity index (χ4n) is 4.98. The Morgan fingerprint density at radius 1 is 1.30 bits per heavy atom. The van der Waals surface area contributed by atoms with Crippen LogP contribution in [0.1, 0.15) is 50.3 Å². The second-order valence-corrected chi connectivity index (χ2v) is 9.57. The Balaban J connectivity index is 1.43. The second kappa shape index (κ2) is 7.92. The van der Waals surface area contributed by atoms with Gasteiger partial charge in [0.1, 0.15) is 0 Å². The molecule has 2 atom stereocenters. The molecule has 6 heteroatoms. The molecular weight excluding hydrogens is 360 g/mol. The van der Waals surface area contributed by atoms with Gasteiger partial charge in [0.25, 0.3) is 0 Å². The highest BCUT2D eigenvalue weighted by Crippen LogP contribution is 2.42. The van der Waals surface area contributed by atoms with Gasteiger partial charge in [-0.05, 0) is 55.9 Å². The highest BCUT2D eigenvalue weighted by atomic mass is 32.1. The third-order valence-electron chi connectivity index (χ3n) is 6.75. The summed E-state index contributed by atoms with van der Waals surface area (Å²) in [5.41, 5.74) is -0.576. The number of nitrogens with one attached hydrogen (secondary N) is 1. The van der Waals surface area contributed by atoms with E-state index in [1.54, 1.807) is 11.3 Å². The van der Waals surface area contributed by atoms with E-state index < -0.39 is 5.41 Å². The standard InChI is InChI=1S/C21H30N2O3S/c1-15-4-6-16(7-5-15)19(24)23-10-8-18-21(14-23,9-11-26-18)20(25)22-13-17-3-2-12-27-17/h2-3,12,15-16,18H,4-11,13-14H2,1H3,(H,22,25)/t15?,16?,18-,21-/m1/s1. The van der Waals surface area contributed by atoms with Crippen molar-refractivity contribution < 1.29 is 14.3 Å². The van der Waals surface area contributed by atoms with Crippen LogP contribution >= 0.6 is 11.3 Å². The average molecular weight is 391 g/mol. The molecule has 4 rings (SSSR count). The van der Waals surface area contributed by atoms with Crippen LogP contribution in [-0.4, -0.2) is 42.5 Å². The van der Waals surface area contributed by atoms with E-state index in [0.717, 1.165) is 49.4 Å². The monoisotopic (exact) mass is 390 g/mol. The van der Waals surface area contributed by atoms with Crippen LogP contribution in [-0.2, 0) is 20.9 Å². The van der Waals surface area contributed by atoms with Crippen molar-refractivity contribution in [3.63, 3.8) is 0 Å². The molecule has 0 spiro atoms. The summed E-state index contributed by atoms with van der Waals surface area (Å²) in [4.78, 5) is 29.4. The van der Waals surface area contributed by atoms with Crippen molar-refractivity contribution in [1.29, 1.82) is 0 Å². The smallest absolute Gasteiger partial charge is 0.231 e. The van der Waals surface area contributed by atoms with Gasteiger partial charge in [-0.25, -0.2) is 0 Å². The van der Waals surface area contributed by atoms with E-state index >= 15 is 0 Å². The fourth-order valence-corrected chi connectivity index (χ4v) is 5.62. The molecule has 1 aromatic rings. The summed E-state index contributed by atoms with van der Waals surface area (Å²) in [5, 5.41) is 5.14. The summed E-state index contributed by atoms with van der Waals surface area (Å²) in [6, 6.07) is 4.03. The lowest BCUT2D eigenvalue weighted by Gasteiger charge is -2.43. The normalized spacial score (nSPS) is 33.5. The lowest BCUT2D eigenvalue weighted by molar-refractivity contribution is -0.149. The zero-order chi connectivity index (χ0) is 18.9. The predicted octanol–water partition coefficient (Wildman–Crippen LogP) is 3.20. The Bertz CT molecular complexity index is 669. The summed E-state index contributed by atoms with van der Waals surface area (Å²) in [7, 11) is 0. The van der Waals surface area contributed by atoms with E-state index in [2.05, 4.69) is 12.2 Å². The molecule has 0 unspecified atom stereocenters. The zero-order valence-electron chi connectivity index (χ0n) is 16.1. The highest BCUT2D eigenvalue weighted by Gasteiger charge is 2.54. The molecule has 27 heavy (non-hydrogen) atoms. The molecular formula is C21H30N2O3S. The van der Waals surface area contributed by atoms with Crippen molar-refractivity contribution in [2.24, 2.45) is 17.3 Å². The number of carbonyl (C=O) groups is 2. The van der Waals surface area contributed by atoms with E-state index in [9.17, 15) is 9.59 Å². The van der Waals surface area contributed by atoms with Gasteiger partial charge >= 0.3 is 0 Å². The number of piperidine rings is 1. The van der Waals surface area contributed by atoms with E-state index in [0.29, 0.717) is 26.1 Å². The topological polar surface area (TPSA) is 58.6 Å². The third-order valence-corrected chi connectivity index (χ3v) is 7.63. The van der Waals surface area contributed by atoms with Gasteiger partial charge in [0.15, 0.2) is 0 Å². The molecule has 3 aliphatic rings. The van der Waals surface area contributed by atoms with E-state index in [1.807, 2.05) is 22.4 Å². The van der Waals surface area contributed by atoms with Gasteiger partial charge in [-0.1, -0.05) is 13.0 Å². The summed E-state index contributed by atoms with van der Waals surface area (Å²) in [5.74, 6) is 1.19. The Morgan fingerprint density at radius 2 is 2.11 bits per heavy atom. The maximum absolute atomic E-state index is 13.2. The van der Waals surface area contributed by atoms with Crippen LogP contribution in [0.5, 0.6) is 0 Å². The van der Waals surface area contributed by atoms with Crippen LogP contribution in [0.25, 0.3) is 0 Å². The molecule has 1 aliphatic carbocycles. The number of likely N-dealkylation sites (tertiary alicyclic amines) is 1. The highest BCUT2D eigenvalue weighted by molar-refractivity contribution is 7.09. The lowest BCUT2D eigenvalue weighted by atomic mass is 9.74. The second-order valence-electron chi connectivity index (χ2n) is 8.53. The minimum atomic E-state index is -0.576. The van der Waals surface area contributed by atoms with Crippen molar-refractivity contribution in [3.8, 4) is 0 Å². The fraction of sp³-hybridized carbons (Fsp3) is 0.714. The van der Waals surface area contributed by atoms with Gasteiger partial charge in [-0.3, -0.25) is 9.59 Å². The Kier molecular flexibility index (Phi) is 5.55. The number of rotatable bonds is 4.